The smallest absolute Gasteiger partial charge is 0.0511 e. The Balaban J connectivity index is 2.55. The first-order valence-electron chi connectivity index (χ1n) is 3.06. The van der Waals surface area contributed by atoms with Crippen molar-refractivity contribution >= 4 is 0 Å². The summed E-state index contributed by atoms with van der Waals surface area (Å²) in [4.78, 5) is 0. The Kier molecular flexibility index (Phi) is 2.03. The van der Waals surface area contributed by atoms with Crippen molar-refractivity contribution in [2.75, 3.05) is 6.61 Å². The van der Waals surface area contributed by atoms with Crippen LogP contribution in [0.3, 0.4) is 0 Å². The Labute approximate surface area is 54.7 Å². The van der Waals surface area contributed by atoms with Crippen LogP contribution in [0.2, 0.25) is 0 Å². The molecule has 2 unspecified atom stereocenters. The van der Waals surface area contributed by atoms with Crippen molar-refractivity contribution in [3.05, 3.63) is 24.3 Å². The van der Waals surface area contributed by atoms with E-state index in [1.165, 1.54) is 0 Å². The van der Waals surface area contributed by atoms with Crippen molar-refractivity contribution in [3.63, 3.8) is 0 Å². The molecule has 0 aliphatic heterocycles. The standard InChI is InChI=1S/C7H11NO/c8-7-4-2-1-3-6(7)5-9/h1-4,6-7,9H,5,8H2. The Hall–Kier alpha value is -0.600. The highest BCUT2D eigenvalue weighted by Crippen LogP contribution is 2.08. The Morgan fingerprint density at radius 2 is 2.00 bits per heavy atom. The molecule has 50 valence electrons. The minimum Gasteiger partial charge on any atom is -0.396 e. The molecule has 3 N–H and O–H groups in total. The molecule has 0 aromatic rings. The highest BCUT2D eigenvalue weighted by molar-refractivity contribution is 5.16. The molecule has 0 saturated heterocycles. The molecule has 0 fully saturated rings. The summed E-state index contributed by atoms with van der Waals surface area (Å²) in [5.74, 6) is 0.120. The van der Waals surface area contributed by atoms with Crippen LogP contribution in [0.4, 0.5) is 0 Å². The first-order chi connectivity index (χ1) is 4.34. The van der Waals surface area contributed by atoms with Gasteiger partial charge in [0.1, 0.15) is 0 Å². The van der Waals surface area contributed by atoms with Crippen molar-refractivity contribution in [2.24, 2.45) is 11.7 Å². The molecule has 2 heteroatoms. The van der Waals surface area contributed by atoms with Crippen molar-refractivity contribution in [1.82, 2.24) is 0 Å². The predicted octanol–water partition coefficient (Wildman–Crippen LogP) is 0.0482. The summed E-state index contributed by atoms with van der Waals surface area (Å²) >= 11 is 0. The van der Waals surface area contributed by atoms with E-state index in [4.69, 9.17) is 10.8 Å². The second kappa shape index (κ2) is 2.80. The van der Waals surface area contributed by atoms with Gasteiger partial charge in [0.25, 0.3) is 0 Å². The molecule has 2 atom stereocenters. The lowest BCUT2D eigenvalue weighted by atomic mass is 9.97. The SMILES string of the molecule is NC1C=CC=CC1CO. The van der Waals surface area contributed by atoms with Crippen molar-refractivity contribution in [3.8, 4) is 0 Å². The van der Waals surface area contributed by atoms with Gasteiger partial charge in [0.15, 0.2) is 0 Å². The molecular formula is C7H11NO. The third-order valence-electron chi connectivity index (χ3n) is 1.51. The molecular weight excluding hydrogens is 114 g/mol. The normalized spacial score (nSPS) is 33.1. The third-order valence-corrected chi connectivity index (χ3v) is 1.51. The van der Waals surface area contributed by atoms with Crippen LogP contribution in [0.25, 0.3) is 0 Å². The fourth-order valence-corrected chi connectivity index (χ4v) is 0.853. The second-order valence-electron chi connectivity index (χ2n) is 2.19. The molecule has 2 nitrogen and oxygen atoms in total. The second-order valence-corrected chi connectivity index (χ2v) is 2.19. The van der Waals surface area contributed by atoms with E-state index < -0.39 is 0 Å². The van der Waals surface area contributed by atoms with Crippen LogP contribution >= 0.6 is 0 Å². The maximum Gasteiger partial charge on any atom is 0.0511 e. The fourth-order valence-electron chi connectivity index (χ4n) is 0.853. The number of hydrogen-bond acceptors (Lipinski definition) is 2. The summed E-state index contributed by atoms with van der Waals surface area (Å²) in [5, 5.41) is 8.70. The molecule has 1 aliphatic carbocycles. The van der Waals surface area contributed by atoms with Gasteiger partial charge in [-0.05, 0) is 0 Å². The number of rotatable bonds is 1. The molecule has 0 amide bonds. The molecule has 0 aromatic carbocycles. The quantitative estimate of drug-likeness (QED) is 0.520. The van der Waals surface area contributed by atoms with Crippen LogP contribution in [0, 0.1) is 5.92 Å². The zero-order chi connectivity index (χ0) is 6.69. The third kappa shape index (κ3) is 1.40. The number of hydrogen-bond donors (Lipinski definition) is 2. The first kappa shape index (κ1) is 6.52. The molecule has 1 rings (SSSR count). The van der Waals surface area contributed by atoms with E-state index in [9.17, 15) is 0 Å². The van der Waals surface area contributed by atoms with Gasteiger partial charge in [0.05, 0.1) is 6.61 Å². The minimum atomic E-state index is -0.000000000000000444. The lowest BCUT2D eigenvalue weighted by molar-refractivity contribution is 0.243. The lowest BCUT2D eigenvalue weighted by Crippen LogP contribution is -2.30. The van der Waals surface area contributed by atoms with E-state index in [1.807, 2.05) is 24.3 Å². The van der Waals surface area contributed by atoms with Crippen LogP contribution < -0.4 is 5.73 Å². The summed E-state index contributed by atoms with van der Waals surface area (Å²) in [7, 11) is 0. The fraction of sp³-hybridized carbons (Fsp3) is 0.429. The van der Waals surface area contributed by atoms with Crippen LogP contribution in [0.15, 0.2) is 24.3 Å². The summed E-state index contributed by atoms with van der Waals surface area (Å²) in [6.45, 7) is 0.141. The first-order valence-corrected chi connectivity index (χ1v) is 3.06. The highest BCUT2D eigenvalue weighted by Gasteiger charge is 2.11. The van der Waals surface area contributed by atoms with Crippen molar-refractivity contribution in [2.45, 2.75) is 6.04 Å². The van der Waals surface area contributed by atoms with Crippen molar-refractivity contribution < 1.29 is 5.11 Å². The average molecular weight is 125 g/mol. The van der Waals surface area contributed by atoms with Gasteiger partial charge in [-0.3, -0.25) is 0 Å². The maximum absolute atomic E-state index is 8.70. The number of aliphatic hydroxyl groups is 1. The molecule has 0 bridgehead atoms. The summed E-state index contributed by atoms with van der Waals surface area (Å²) < 4.78 is 0. The van der Waals surface area contributed by atoms with E-state index in [0.717, 1.165) is 0 Å². The summed E-state index contributed by atoms with van der Waals surface area (Å²) in [6.07, 6.45) is 7.62. The summed E-state index contributed by atoms with van der Waals surface area (Å²) in [6, 6.07) is -0.000000000000000444. The van der Waals surface area contributed by atoms with Crippen LogP contribution in [-0.2, 0) is 0 Å². The van der Waals surface area contributed by atoms with E-state index in [2.05, 4.69) is 0 Å². The predicted molar refractivity (Wildman–Crippen MR) is 36.8 cm³/mol. The van der Waals surface area contributed by atoms with E-state index in [0.29, 0.717) is 0 Å². The Bertz CT molecular complexity index is 140. The molecule has 0 heterocycles. The van der Waals surface area contributed by atoms with Gasteiger partial charge in [0.2, 0.25) is 0 Å². The lowest BCUT2D eigenvalue weighted by Gasteiger charge is -2.16. The molecule has 0 radical (unpaired) electrons. The number of aliphatic hydroxyl groups excluding tert-OH is 1. The largest absolute Gasteiger partial charge is 0.396 e. The van der Waals surface area contributed by atoms with Gasteiger partial charge in [-0.25, -0.2) is 0 Å². The monoisotopic (exact) mass is 125 g/mol. The van der Waals surface area contributed by atoms with Gasteiger partial charge in [-0.1, -0.05) is 24.3 Å². The number of allylic oxidation sites excluding steroid dienone is 2. The van der Waals surface area contributed by atoms with Crippen LogP contribution in [0.1, 0.15) is 0 Å². The van der Waals surface area contributed by atoms with Crippen molar-refractivity contribution in [1.29, 1.82) is 0 Å². The minimum absolute atomic E-state index is 0.000000000000000444. The van der Waals surface area contributed by atoms with Gasteiger partial charge in [-0.2, -0.15) is 0 Å². The van der Waals surface area contributed by atoms with Gasteiger partial charge in [-0.15, -0.1) is 0 Å². The topological polar surface area (TPSA) is 46.2 Å². The van der Waals surface area contributed by atoms with Gasteiger partial charge < -0.3 is 10.8 Å². The average Bonchev–Trinajstić information content (AvgIpc) is 1.89. The summed E-state index contributed by atoms with van der Waals surface area (Å²) in [5.41, 5.74) is 5.59. The maximum atomic E-state index is 8.70. The molecule has 0 spiro atoms. The van der Waals surface area contributed by atoms with Gasteiger partial charge >= 0.3 is 0 Å². The van der Waals surface area contributed by atoms with Crippen LogP contribution in [0.5, 0.6) is 0 Å². The molecule has 1 aliphatic rings. The van der Waals surface area contributed by atoms with E-state index in [1.54, 1.807) is 0 Å². The van der Waals surface area contributed by atoms with Crippen LogP contribution in [-0.4, -0.2) is 17.8 Å². The van der Waals surface area contributed by atoms with E-state index >= 15 is 0 Å². The highest BCUT2D eigenvalue weighted by atomic mass is 16.3. The Morgan fingerprint density at radius 3 is 2.44 bits per heavy atom. The molecule has 0 saturated carbocycles. The molecule has 0 aromatic heterocycles. The zero-order valence-electron chi connectivity index (χ0n) is 5.20. The Morgan fingerprint density at radius 1 is 1.33 bits per heavy atom. The van der Waals surface area contributed by atoms with Gasteiger partial charge in [0, 0.05) is 12.0 Å². The van der Waals surface area contributed by atoms with E-state index in [-0.39, 0.29) is 18.6 Å². The zero-order valence-corrected chi connectivity index (χ0v) is 5.20. The number of nitrogens with two attached hydrogens (primary N) is 1. The molecule has 9 heavy (non-hydrogen) atoms.